The molecule has 0 bridgehead atoms. The van der Waals surface area contributed by atoms with Crippen molar-refractivity contribution < 1.29 is 18.1 Å². The largest absolute Gasteiger partial charge is 0.359 e. The smallest absolute Gasteiger partial charge is 0.289 e. The highest BCUT2D eigenvalue weighted by Gasteiger charge is 2.50. The molecule has 6 rings (SSSR count). The predicted octanol–water partition coefficient (Wildman–Crippen LogP) is 7.67. The summed E-state index contributed by atoms with van der Waals surface area (Å²) in [7, 11) is -4.20. The second kappa shape index (κ2) is 15.0. The van der Waals surface area contributed by atoms with Crippen LogP contribution in [0, 0.1) is 10.1 Å². The molecule has 0 aromatic heterocycles. The lowest BCUT2D eigenvalue weighted by molar-refractivity contribution is -0.387. The highest BCUT2D eigenvalue weighted by atomic mass is 79.9. The summed E-state index contributed by atoms with van der Waals surface area (Å²) < 4.78 is 37.8. The Labute approximate surface area is 295 Å². The number of hydrogen-bond donors (Lipinski definition) is 1. The third-order valence-corrected chi connectivity index (χ3v) is 11.1. The summed E-state index contributed by atoms with van der Waals surface area (Å²) in [6.45, 7) is 4.81. The number of para-hydroxylation sites is 1. The van der Waals surface area contributed by atoms with E-state index in [1.807, 2.05) is 78.9 Å². The number of rotatable bonds is 14. The zero-order valence-corrected chi connectivity index (χ0v) is 29.0. The molecule has 0 radical (unpaired) electrons. The van der Waals surface area contributed by atoms with Crippen molar-refractivity contribution in [3.05, 3.63) is 189 Å². The van der Waals surface area contributed by atoms with Gasteiger partial charge in [-0.1, -0.05) is 137 Å². The minimum atomic E-state index is -4.20. The van der Waals surface area contributed by atoms with Crippen LogP contribution in [0.2, 0.25) is 0 Å². The molecular formula is C39H36BrN3O5S. The Morgan fingerprint density at radius 2 is 1.31 bits per heavy atom. The van der Waals surface area contributed by atoms with Crippen LogP contribution in [0.5, 0.6) is 0 Å². The molecule has 0 aliphatic carbocycles. The van der Waals surface area contributed by atoms with Gasteiger partial charge >= 0.3 is 0 Å². The maximum atomic E-state index is 13.5. The number of nitrogens with zero attached hydrogens (tertiary/aromatic N) is 2. The van der Waals surface area contributed by atoms with E-state index in [9.17, 15) is 18.5 Å². The quantitative estimate of drug-likeness (QED) is 0.0544. The third kappa shape index (κ3) is 7.01. The molecule has 1 N–H and O–H groups in total. The molecule has 1 aliphatic heterocycles. The maximum Gasteiger partial charge on any atom is 0.289 e. The molecule has 8 nitrogen and oxygen atoms in total. The van der Waals surface area contributed by atoms with Crippen LogP contribution in [0.1, 0.15) is 28.2 Å². The maximum absolute atomic E-state index is 13.5. The summed E-state index contributed by atoms with van der Waals surface area (Å²) in [5.41, 5.74) is 2.56. The molecule has 49 heavy (non-hydrogen) atoms. The van der Waals surface area contributed by atoms with Crippen molar-refractivity contribution in [2.75, 3.05) is 19.7 Å². The monoisotopic (exact) mass is 737 g/mol. The fourth-order valence-electron chi connectivity index (χ4n) is 6.89. The van der Waals surface area contributed by atoms with Crippen molar-refractivity contribution in [3.8, 4) is 0 Å². The van der Waals surface area contributed by atoms with Crippen LogP contribution in [0.3, 0.4) is 0 Å². The van der Waals surface area contributed by atoms with Crippen LogP contribution in [0.15, 0.2) is 162 Å². The summed E-state index contributed by atoms with van der Waals surface area (Å²) in [6.07, 6.45) is 1.80. The van der Waals surface area contributed by atoms with E-state index < -0.39 is 26.2 Å². The van der Waals surface area contributed by atoms with E-state index in [4.69, 9.17) is 4.74 Å². The molecule has 0 unspecified atom stereocenters. The van der Waals surface area contributed by atoms with Gasteiger partial charge in [0, 0.05) is 41.6 Å². The summed E-state index contributed by atoms with van der Waals surface area (Å²) in [5.74, 6) is -0.137. The van der Waals surface area contributed by atoms with Crippen molar-refractivity contribution >= 4 is 31.6 Å². The first-order chi connectivity index (χ1) is 23.8. The predicted molar refractivity (Wildman–Crippen MR) is 195 cm³/mol. The normalized spacial score (nSPS) is 18.0. The highest BCUT2D eigenvalue weighted by Crippen LogP contribution is 2.45. The molecular weight excluding hydrogens is 702 g/mol. The topological polar surface area (TPSA) is 102 Å². The van der Waals surface area contributed by atoms with E-state index in [1.54, 1.807) is 6.08 Å². The number of hydrogen-bond acceptors (Lipinski definition) is 6. The van der Waals surface area contributed by atoms with Crippen molar-refractivity contribution in [2.24, 2.45) is 0 Å². The fourth-order valence-corrected chi connectivity index (χ4v) is 8.38. The van der Waals surface area contributed by atoms with Gasteiger partial charge in [0.05, 0.1) is 11.5 Å². The van der Waals surface area contributed by atoms with Crippen LogP contribution in [-0.4, -0.2) is 50.0 Å². The molecule has 0 amide bonds. The van der Waals surface area contributed by atoms with E-state index in [0.29, 0.717) is 13.2 Å². The van der Waals surface area contributed by atoms with Crippen molar-refractivity contribution in [1.82, 2.24) is 9.62 Å². The minimum absolute atomic E-state index is 0.0284. The zero-order valence-electron chi connectivity index (χ0n) is 26.6. The number of nitro benzene ring substituents is 1. The summed E-state index contributed by atoms with van der Waals surface area (Å²) >= 11 is 3.54. The van der Waals surface area contributed by atoms with Crippen LogP contribution in [0.25, 0.3) is 0 Å². The Bertz CT molecular complexity index is 1900. The molecule has 1 aliphatic rings. The fraction of sp³-hybridized carbons (Fsp3) is 0.179. The average Bonchev–Trinajstić information content (AvgIpc) is 3.13. The lowest BCUT2D eigenvalue weighted by atomic mass is 9.74. The van der Waals surface area contributed by atoms with Gasteiger partial charge in [-0.05, 0) is 40.5 Å². The molecule has 0 saturated carbocycles. The molecule has 1 fully saturated rings. The molecule has 1 heterocycles. The van der Waals surface area contributed by atoms with Gasteiger partial charge < -0.3 is 4.74 Å². The van der Waals surface area contributed by atoms with Crippen molar-refractivity contribution in [1.29, 1.82) is 0 Å². The van der Waals surface area contributed by atoms with Gasteiger partial charge in [0.2, 0.25) is 10.0 Å². The van der Waals surface area contributed by atoms with E-state index in [0.717, 1.165) is 26.7 Å². The van der Waals surface area contributed by atoms with Crippen molar-refractivity contribution in [2.45, 2.75) is 28.5 Å². The summed E-state index contributed by atoms with van der Waals surface area (Å²) in [6, 6.07) is 43.4. The number of ether oxygens (including phenoxy) is 1. The second-order valence-corrected chi connectivity index (χ2v) is 14.5. The highest BCUT2D eigenvalue weighted by molar-refractivity contribution is 9.10. The number of nitro groups is 1. The summed E-state index contributed by atoms with van der Waals surface area (Å²) in [4.78, 5) is 12.8. The molecule has 5 aromatic carbocycles. The molecule has 250 valence electrons. The second-order valence-electron chi connectivity index (χ2n) is 11.9. The Morgan fingerprint density at radius 3 is 1.82 bits per heavy atom. The van der Waals surface area contributed by atoms with Gasteiger partial charge in [0.1, 0.15) is 5.60 Å². The zero-order chi connectivity index (χ0) is 34.4. The van der Waals surface area contributed by atoms with Gasteiger partial charge in [-0.2, -0.15) is 0 Å². The summed E-state index contributed by atoms with van der Waals surface area (Å²) in [5, 5.41) is 11.7. The van der Waals surface area contributed by atoms with Crippen molar-refractivity contribution in [3.63, 3.8) is 0 Å². The van der Waals surface area contributed by atoms with E-state index in [-0.39, 0.29) is 29.4 Å². The first kappa shape index (κ1) is 34.4. The lowest BCUT2D eigenvalue weighted by Gasteiger charge is -2.56. The number of halogens is 1. The Hall–Kier alpha value is -4.45. The SMILES string of the molecule is C=CCN1[C@@H](CNS(=O)(=O)c2ccccc2[N+](=O)[O-])[C@@H](c2ccc(Br)cc2)[C@@H]1COC(c1ccccc1)(c1ccccc1)c1ccccc1. The van der Waals surface area contributed by atoms with Gasteiger partial charge in [-0.3, -0.25) is 15.0 Å². The number of nitrogens with one attached hydrogen (secondary N) is 1. The number of sulfonamides is 1. The number of likely N-dealkylation sites (tertiary alicyclic amines) is 1. The Kier molecular flexibility index (Phi) is 10.5. The molecule has 0 spiro atoms. The first-order valence-corrected chi connectivity index (χ1v) is 18.2. The van der Waals surface area contributed by atoms with Gasteiger partial charge in [0.15, 0.2) is 4.90 Å². The molecule has 3 atom stereocenters. The third-order valence-electron chi connectivity index (χ3n) is 9.12. The Balaban J connectivity index is 1.38. The molecule has 5 aromatic rings. The van der Waals surface area contributed by atoms with Crippen LogP contribution in [-0.2, 0) is 20.4 Å². The Morgan fingerprint density at radius 1 is 0.796 bits per heavy atom. The van der Waals surface area contributed by atoms with Gasteiger partial charge in [-0.15, -0.1) is 6.58 Å². The lowest BCUT2D eigenvalue weighted by Crippen LogP contribution is -2.67. The average molecular weight is 739 g/mol. The number of benzene rings is 5. The van der Waals surface area contributed by atoms with Crippen LogP contribution in [0.4, 0.5) is 5.69 Å². The van der Waals surface area contributed by atoms with Gasteiger partial charge in [0.25, 0.3) is 5.69 Å². The van der Waals surface area contributed by atoms with Crippen LogP contribution < -0.4 is 4.72 Å². The minimum Gasteiger partial charge on any atom is -0.359 e. The first-order valence-electron chi connectivity index (χ1n) is 15.9. The van der Waals surface area contributed by atoms with E-state index in [2.05, 4.69) is 68.5 Å². The van der Waals surface area contributed by atoms with Crippen LogP contribution >= 0.6 is 15.9 Å². The standard InChI is InChI=1S/C39H36BrN3O5S/c1-2-26-42-35(27-41-49(46,47)37-21-13-12-20-34(37)43(44)45)38(29-22-24-33(40)25-23-29)36(42)28-48-39(30-14-6-3-7-15-30,31-16-8-4-9-17-31)32-18-10-5-11-19-32/h2-25,35-36,38,41H,1,26-28H2/t35-,36-,38+/m0/s1. The van der Waals surface area contributed by atoms with Gasteiger partial charge in [-0.25, -0.2) is 13.1 Å². The van der Waals surface area contributed by atoms with E-state index >= 15 is 0 Å². The molecule has 1 saturated heterocycles. The molecule has 10 heteroatoms. The van der Waals surface area contributed by atoms with E-state index in [1.165, 1.54) is 24.3 Å².